The van der Waals surface area contributed by atoms with Crippen molar-refractivity contribution in [3.05, 3.63) is 35.9 Å². The molecule has 1 heterocycles. The average Bonchev–Trinajstić information content (AvgIpc) is 3.23. The van der Waals surface area contributed by atoms with Crippen molar-refractivity contribution in [3.8, 4) is 0 Å². The molecular weight excluding hydrogens is 380 g/mol. The van der Waals surface area contributed by atoms with Crippen LogP contribution in [-0.4, -0.2) is 47.1 Å². The zero-order chi connectivity index (χ0) is 21.5. The molecular formula is C23H32N4O3. The lowest BCUT2D eigenvalue weighted by atomic mass is 9.85. The highest BCUT2D eigenvalue weighted by molar-refractivity contribution is 6.02. The predicted molar refractivity (Wildman–Crippen MR) is 116 cm³/mol. The smallest absolute Gasteiger partial charge is 0.243 e. The van der Waals surface area contributed by atoms with Crippen LogP contribution in [0.4, 0.5) is 0 Å². The van der Waals surface area contributed by atoms with Gasteiger partial charge in [-0.1, -0.05) is 36.8 Å². The Hall–Kier alpha value is -2.70. The summed E-state index contributed by atoms with van der Waals surface area (Å²) in [5, 5.41) is 11.9. The third-order valence-electron chi connectivity index (χ3n) is 5.60. The van der Waals surface area contributed by atoms with Gasteiger partial charge in [0.05, 0.1) is 12.3 Å². The number of hydrogen-bond donors (Lipinski definition) is 2. The van der Waals surface area contributed by atoms with E-state index in [2.05, 4.69) is 15.7 Å². The molecule has 1 saturated carbocycles. The molecule has 162 valence electrons. The zero-order valence-corrected chi connectivity index (χ0v) is 17.9. The Kier molecular flexibility index (Phi) is 7.60. The predicted octanol–water partition coefficient (Wildman–Crippen LogP) is 2.60. The average molecular weight is 413 g/mol. The van der Waals surface area contributed by atoms with Gasteiger partial charge in [0.1, 0.15) is 0 Å². The van der Waals surface area contributed by atoms with Crippen molar-refractivity contribution in [2.75, 3.05) is 6.54 Å². The van der Waals surface area contributed by atoms with Crippen molar-refractivity contribution in [3.63, 3.8) is 0 Å². The van der Waals surface area contributed by atoms with Crippen molar-refractivity contribution in [2.45, 2.75) is 70.9 Å². The number of hydrazone groups is 1. The first-order valence-corrected chi connectivity index (χ1v) is 11.0. The molecule has 0 saturated heterocycles. The summed E-state index contributed by atoms with van der Waals surface area (Å²) in [6, 6.07) is 9.95. The first kappa shape index (κ1) is 22.0. The lowest BCUT2D eigenvalue weighted by Crippen LogP contribution is -2.43. The maximum atomic E-state index is 12.4. The lowest BCUT2D eigenvalue weighted by molar-refractivity contribution is -0.133. The number of rotatable bonds is 7. The van der Waals surface area contributed by atoms with Gasteiger partial charge in [-0.25, -0.2) is 5.01 Å². The van der Waals surface area contributed by atoms with E-state index in [0.29, 0.717) is 13.0 Å². The van der Waals surface area contributed by atoms with E-state index in [9.17, 15) is 14.4 Å². The first-order valence-electron chi connectivity index (χ1n) is 11.0. The molecule has 1 aromatic rings. The van der Waals surface area contributed by atoms with Gasteiger partial charge in [0, 0.05) is 37.3 Å². The van der Waals surface area contributed by atoms with E-state index in [-0.39, 0.29) is 48.6 Å². The number of benzene rings is 1. The van der Waals surface area contributed by atoms with Crippen molar-refractivity contribution in [2.24, 2.45) is 11.0 Å². The Labute approximate surface area is 178 Å². The Balaban J connectivity index is 1.43. The van der Waals surface area contributed by atoms with E-state index in [1.165, 1.54) is 5.01 Å². The Morgan fingerprint density at radius 1 is 1.13 bits per heavy atom. The third-order valence-corrected chi connectivity index (χ3v) is 5.60. The molecule has 1 fully saturated rings. The molecule has 1 aliphatic carbocycles. The topological polar surface area (TPSA) is 90.9 Å². The second kappa shape index (κ2) is 10.4. The quantitative estimate of drug-likeness (QED) is 0.721. The summed E-state index contributed by atoms with van der Waals surface area (Å²) in [7, 11) is 0. The molecule has 1 aromatic carbocycles. The summed E-state index contributed by atoms with van der Waals surface area (Å²) in [5.74, 6) is -0.248. The zero-order valence-electron chi connectivity index (χ0n) is 17.9. The van der Waals surface area contributed by atoms with Crippen LogP contribution in [0.3, 0.4) is 0 Å². The van der Waals surface area contributed by atoms with E-state index in [4.69, 9.17) is 0 Å². The van der Waals surface area contributed by atoms with Crippen LogP contribution < -0.4 is 10.6 Å². The molecule has 2 N–H and O–H groups in total. The van der Waals surface area contributed by atoms with Gasteiger partial charge in [-0.05, 0) is 38.7 Å². The monoisotopic (exact) mass is 412 g/mol. The summed E-state index contributed by atoms with van der Waals surface area (Å²) >= 11 is 0. The summed E-state index contributed by atoms with van der Waals surface area (Å²) < 4.78 is 0. The van der Waals surface area contributed by atoms with Crippen LogP contribution in [0.25, 0.3) is 0 Å². The number of carbonyl (C=O) groups is 3. The number of nitrogens with one attached hydrogen (secondary N) is 2. The van der Waals surface area contributed by atoms with Crippen LogP contribution in [-0.2, 0) is 14.4 Å². The minimum atomic E-state index is -0.135. The number of hydrogen-bond acceptors (Lipinski definition) is 4. The van der Waals surface area contributed by atoms with Crippen LogP contribution in [0.15, 0.2) is 35.4 Å². The highest BCUT2D eigenvalue weighted by Gasteiger charge is 2.28. The molecule has 7 heteroatoms. The van der Waals surface area contributed by atoms with E-state index in [1.807, 2.05) is 44.2 Å². The Morgan fingerprint density at radius 2 is 1.90 bits per heavy atom. The highest BCUT2D eigenvalue weighted by Crippen LogP contribution is 2.25. The molecule has 1 aliphatic heterocycles. The molecule has 3 rings (SSSR count). The second-order valence-electron chi connectivity index (χ2n) is 8.47. The summed E-state index contributed by atoms with van der Waals surface area (Å²) in [6.07, 6.45) is 4.33. The normalized spacial score (nSPS) is 21.3. The van der Waals surface area contributed by atoms with Crippen molar-refractivity contribution in [1.29, 1.82) is 0 Å². The molecule has 2 unspecified atom stereocenters. The molecule has 7 nitrogen and oxygen atoms in total. The van der Waals surface area contributed by atoms with Gasteiger partial charge in [0.15, 0.2) is 0 Å². The Morgan fingerprint density at radius 3 is 2.63 bits per heavy atom. The van der Waals surface area contributed by atoms with Crippen molar-refractivity contribution < 1.29 is 14.4 Å². The molecule has 30 heavy (non-hydrogen) atoms. The highest BCUT2D eigenvalue weighted by atomic mass is 16.2. The molecule has 0 bridgehead atoms. The second-order valence-corrected chi connectivity index (χ2v) is 8.47. The van der Waals surface area contributed by atoms with Gasteiger partial charge >= 0.3 is 0 Å². The summed E-state index contributed by atoms with van der Waals surface area (Å²) in [6.45, 7) is 4.45. The summed E-state index contributed by atoms with van der Waals surface area (Å²) in [4.78, 5) is 37.0. The largest absolute Gasteiger partial charge is 0.354 e. The molecule has 2 atom stereocenters. The lowest BCUT2D eigenvalue weighted by Gasteiger charge is -2.29. The minimum absolute atomic E-state index is 0.00115. The number of amides is 3. The van der Waals surface area contributed by atoms with Crippen molar-refractivity contribution >= 4 is 23.4 Å². The van der Waals surface area contributed by atoms with Gasteiger partial charge < -0.3 is 10.6 Å². The van der Waals surface area contributed by atoms with Crippen LogP contribution in [0.2, 0.25) is 0 Å². The standard InChI is InChI=1S/C23H32N4O3/c1-16(2)24-23(30)18-9-6-10-19(15-18)25-21(28)11-12-22(29)27-14-13-20(26-27)17-7-4-3-5-8-17/h3-5,7-8,16,18-19H,6,9-15H2,1-2H3,(H,24,30)(H,25,28). The van der Waals surface area contributed by atoms with Gasteiger partial charge in [0.2, 0.25) is 17.7 Å². The van der Waals surface area contributed by atoms with E-state index in [0.717, 1.165) is 37.0 Å². The van der Waals surface area contributed by atoms with Crippen LogP contribution in [0.5, 0.6) is 0 Å². The SMILES string of the molecule is CC(C)NC(=O)C1CCCC(NC(=O)CCC(=O)N2CCC(c3ccccc3)=N2)C1. The van der Waals surface area contributed by atoms with E-state index >= 15 is 0 Å². The maximum absolute atomic E-state index is 12.4. The molecule has 0 aromatic heterocycles. The van der Waals surface area contributed by atoms with Gasteiger partial charge in [-0.3, -0.25) is 14.4 Å². The summed E-state index contributed by atoms with van der Waals surface area (Å²) in [5.41, 5.74) is 1.93. The maximum Gasteiger partial charge on any atom is 0.243 e. The van der Waals surface area contributed by atoms with Gasteiger partial charge in [0.25, 0.3) is 0 Å². The number of carbonyl (C=O) groups excluding carboxylic acids is 3. The molecule has 3 amide bonds. The van der Waals surface area contributed by atoms with Gasteiger partial charge in [-0.15, -0.1) is 0 Å². The Bertz CT molecular complexity index is 791. The van der Waals surface area contributed by atoms with Crippen LogP contribution >= 0.6 is 0 Å². The first-order chi connectivity index (χ1) is 14.4. The van der Waals surface area contributed by atoms with Crippen LogP contribution in [0.1, 0.15) is 64.4 Å². The molecule has 2 aliphatic rings. The fourth-order valence-corrected chi connectivity index (χ4v) is 4.08. The van der Waals surface area contributed by atoms with Crippen molar-refractivity contribution in [1.82, 2.24) is 15.6 Å². The number of nitrogens with zero attached hydrogens (tertiary/aromatic N) is 2. The van der Waals surface area contributed by atoms with E-state index in [1.54, 1.807) is 0 Å². The molecule has 0 spiro atoms. The molecule has 0 radical (unpaired) electrons. The minimum Gasteiger partial charge on any atom is -0.354 e. The fraction of sp³-hybridized carbons (Fsp3) is 0.565. The fourth-order valence-electron chi connectivity index (χ4n) is 4.08. The van der Waals surface area contributed by atoms with Gasteiger partial charge in [-0.2, -0.15) is 5.10 Å². The third kappa shape index (κ3) is 6.15. The van der Waals surface area contributed by atoms with E-state index < -0.39 is 0 Å². The van der Waals surface area contributed by atoms with Crippen LogP contribution in [0, 0.1) is 5.92 Å².